The second kappa shape index (κ2) is 18.1. The Balaban J connectivity index is 0. The monoisotopic (exact) mass is 1140 g/mol. The Morgan fingerprint density at radius 3 is 0.314 bits per heavy atom. The molecule has 42 heteroatoms. The minimum atomic E-state index is -11.2. The predicted octanol–water partition coefficient (Wildman–Crippen LogP) is 12.3. The van der Waals surface area contributed by atoms with E-state index >= 15 is 0 Å². The number of rotatable bonds is 12. The van der Waals surface area contributed by atoms with Crippen LogP contribution in [-0.2, 0) is 15.2 Å². The Kier molecular flexibility index (Phi) is 18.2. The van der Waals surface area contributed by atoms with Crippen LogP contribution in [0.5, 0.6) is 0 Å². The van der Waals surface area contributed by atoms with Crippen molar-refractivity contribution < 1.29 is 192 Å². The molecule has 0 aliphatic carbocycles. The van der Waals surface area contributed by atoms with E-state index in [0.717, 1.165) is 0 Å². The summed E-state index contributed by atoms with van der Waals surface area (Å²) in [6.07, 6.45) is -104. The predicted molar refractivity (Wildman–Crippen MR) is 149 cm³/mol. The van der Waals surface area contributed by atoms with Crippen molar-refractivity contribution in [3.8, 4) is 0 Å². The molecule has 0 aliphatic rings. The van der Waals surface area contributed by atoms with Gasteiger partial charge < -0.3 is 15.2 Å². The summed E-state index contributed by atoms with van der Waals surface area (Å²) in [5.74, 6) is 0. The van der Waals surface area contributed by atoms with Gasteiger partial charge in [-0.3, -0.25) is 0 Å². The van der Waals surface area contributed by atoms with E-state index in [-0.39, 0.29) is 18.9 Å². The van der Waals surface area contributed by atoms with Gasteiger partial charge in [-0.25, -0.2) is 0 Å². The molecule has 4 nitrogen and oxygen atoms in total. The average molecular weight is 1140 g/mol. The first-order valence-corrected chi connectivity index (χ1v) is 18.4. The maximum absolute atomic E-state index is 14.5. The summed E-state index contributed by atoms with van der Waals surface area (Å²) < 4.78 is 534. The largest absolute Gasteiger partial charge is 1.00 e. The minimum Gasteiger partial charge on any atom is -0.581 e. The molecule has 0 heterocycles. The summed E-state index contributed by atoms with van der Waals surface area (Å²) in [6, 6.07) is 0. The molecule has 0 unspecified atom stereocenters. The quantitative estimate of drug-likeness (QED) is 0.144. The van der Waals surface area contributed by atoms with Gasteiger partial charge in [0.15, 0.2) is 0 Å². The SMILES string of the molecule is CC(C)([O][Al-]([O]C(C)(C)C(C(F)(F)F)(C(F)(F)F)C(F)(F)F)([O]C(C)(C)C(C(F)(F)F)(C(F)(F)F)C(F)(F)F)[O]C(C)(C)C(C(F)(F)F)(C(F)(F)F)C(F)(F)F)C(C(F)(F)F)(C(F)(F)F)C(F)(F)F.[Li+]. The van der Waals surface area contributed by atoms with Crippen LogP contribution in [0.15, 0.2) is 0 Å². The van der Waals surface area contributed by atoms with E-state index in [1.165, 1.54) is 0 Å². The van der Waals surface area contributed by atoms with Crippen LogP contribution in [-0.4, -0.2) is 111 Å². The van der Waals surface area contributed by atoms with Gasteiger partial charge in [0.1, 0.15) is 0 Å². The molecule has 0 aromatic carbocycles. The van der Waals surface area contributed by atoms with Gasteiger partial charge in [0.05, 0.1) is 0 Å². The summed E-state index contributed by atoms with van der Waals surface area (Å²) in [5.41, 5.74) is -61.2. The summed E-state index contributed by atoms with van der Waals surface area (Å²) in [6.45, 7) is -14.3. The van der Waals surface area contributed by atoms with Crippen LogP contribution in [0.4, 0.5) is 158 Å². The van der Waals surface area contributed by atoms with E-state index in [9.17, 15) is 158 Å². The third-order valence-corrected chi connectivity index (χ3v) is 14.0. The maximum Gasteiger partial charge on any atom is 1.00 e. The van der Waals surface area contributed by atoms with Crippen molar-refractivity contribution in [2.24, 2.45) is 21.7 Å². The van der Waals surface area contributed by atoms with Gasteiger partial charge in [0, 0.05) is 22.4 Å². The fourth-order valence-electron chi connectivity index (χ4n) is 7.97. The van der Waals surface area contributed by atoms with Crippen molar-refractivity contribution in [2.45, 2.75) is 152 Å². The molecular weight excluding hydrogens is 1120 g/mol. The van der Waals surface area contributed by atoms with Crippen molar-refractivity contribution in [3.63, 3.8) is 0 Å². The molecule has 0 amide bonds. The number of halogens is 36. The second-order valence-corrected chi connectivity index (χ2v) is 18.2. The third-order valence-electron chi connectivity index (χ3n) is 10.5. The average Bonchev–Trinajstić information content (AvgIpc) is 2.79. The van der Waals surface area contributed by atoms with Crippen molar-refractivity contribution >= 4 is 14.4 Å². The van der Waals surface area contributed by atoms with Gasteiger partial charge in [0.25, 0.3) is 21.7 Å². The standard InChI is InChI=1S/4C7H6F9O.Al.Li/c4*1-3(2,17)4(5(8,9)10,6(11,12)13)7(14,15)16;;/h4*1-2H3;;/q4*-1;+3;+1. The van der Waals surface area contributed by atoms with Gasteiger partial charge in [-0.2, -0.15) is 158 Å². The van der Waals surface area contributed by atoms with Gasteiger partial charge >= 0.3 is 107 Å². The molecule has 0 N–H and O–H groups in total. The molecule has 0 radical (unpaired) electrons. The molecule has 416 valence electrons. The molecule has 0 spiro atoms. The van der Waals surface area contributed by atoms with Crippen molar-refractivity contribution in [3.05, 3.63) is 0 Å². The van der Waals surface area contributed by atoms with Crippen LogP contribution in [0.25, 0.3) is 0 Å². The van der Waals surface area contributed by atoms with Gasteiger partial charge in [-0.15, -0.1) is 0 Å². The van der Waals surface area contributed by atoms with E-state index in [1.54, 1.807) is 0 Å². The zero-order chi connectivity index (χ0) is 57.3. The molecule has 0 aromatic heterocycles. The first-order chi connectivity index (χ1) is 28.8. The van der Waals surface area contributed by atoms with Crippen LogP contribution >= 0.6 is 0 Å². The Morgan fingerprint density at radius 2 is 0.257 bits per heavy atom. The minimum absolute atomic E-state index is 0. The Morgan fingerprint density at radius 1 is 0.186 bits per heavy atom. The first-order valence-electron chi connectivity index (χ1n) is 16.6. The molecule has 0 bridgehead atoms. The van der Waals surface area contributed by atoms with Crippen LogP contribution < -0.4 is 18.9 Å². The summed E-state index contributed by atoms with van der Waals surface area (Å²) in [7, 11) is 0. The molecule has 0 aromatic rings. The van der Waals surface area contributed by atoms with E-state index in [1.807, 2.05) is 0 Å². The fourth-order valence-corrected chi connectivity index (χ4v) is 11.8. The maximum atomic E-state index is 14.5. The topological polar surface area (TPSA) is 36.9 Å². The van der Waals surface area contributed by atoms with Crippen LogP contribution in [0.1, 0.15) is 55.4 Å². The number of hydrogen-bond acceptors (Lipinski definition) is 4. The molecule has 0 saturated carbocycles. The van der Waals surface area contributed by atoms with Crippen LogP contribution in [0, 0.1) is 21.7 Å². The van der Waals surface area contributed by atoms with Gasteiger partial charge in [-0.1, -0.05) is 0 Å². The van der Waals surface area contributed by atoms with Crippen molar-refractivity contribution in [1.29, 1.82) is 0 Å². The molecule has 0 rings (SSSR count). The van der Waals surface area contributed by atoms with Gasteiger partial charge in [-0.05, 0) is 55.4 Å². The first kappa shape index (κ1) is 70.5. The second-order valence-electron chi connectivity index (χ2n) is 16.1. The van der Waals surface area contributed by atoms with Crippen molar-refractivity contribution in [1.82, 2.24) is 0 Å². The normalized spacial score (nSPS) is 17.0. The van der Waals surface area contributed by atoms with Gasteiger partial charge in [0.2, 0.25) is 0 Å². The summed E-state index contributed by atoms with van der Waals surface area (Å²) >= 11 is -11.2. The molecular formula is C28H24AlF36LiO4. The van der Waals surface area contributed by atoms with E-state index in [4.69, 9.17) is 0 Å². The molecule has 0 saturated heterocycles. The van der Waals surface area contributed by atoms with E-state index in [2.05, 4.69) is 15.2 Å². The van der Waals surface area contributed by atoms with Crippen molar-refractivity contribution in [2.75, 3.05) is 0 Å². The zero-order valence-electron chi connectivity index (χ0n) is 34.8. The Hall–Kier alpha value is -1.55. The molecule has 0 atom stereocenters. The number of hydrogen-bond donors (Lipinski definition) is 0. The number of alkyl halides is 36. The molecule has 0 fully saturated rings. The molecule has 0 aliphatic heterocycles. The molecule has 70 heavy (non-hydrogen) atoms. The summed E-state index contributed by atoms with van der Waals surface area (Å²) in [5, 5.41) is 0. The van der Waals surface area contributed by atoms with E-state index < -0.39 is 188 Å². The zero-order valence-corrected chi connectivity index (χ0v) is 36.0. The Labute approximate surface area is 380 Å². The Bertz CT molecular complexity index is 1380. The smallest absolute Gasteiger partial charge is 0.581 e. The van der Waals surface area contributed by atoms with E-state index in [0.29, 0.717) is 0 Å². The summed E-state index contributed by atoms with van der Waals surface area (Å²) in [4.78, 5) is 0. The van der Waals surface area contributed by atoms with Crippen LogP contribution in [0.2, 0.25) is 0 Å². The fraction of sp³-hybridized carbons (Fsp3) is 1.00. The van der Waals surface area contributed by atoms with Crippen LogP contribution in [0.3, 0.4) is 0 Å². The third kappa shape index (κ3) is 10.3.